The van der Waals surface area contributed by atoms with Crippen LogP contribution in [0.15, 0.2) is 18.2 Å². The van der Waals surface area contributed by atoms with Crippen LogP contribution in [-0.4, -0.2) is 31.1 Å². The van der Waals surface area contributed by atoms with Crippen molar-refractivity contribution in [1.82, 2.24) is 0 Å². The Morgan fingerprint density at radius 1 is 1.25 bits per heavy atom. The molecule has 0 aliphatic rings. The van der Waals surface area contributed by atoms with Crippen molar-refractivity contribution in [2.45, 2.75) is 0 Å². The molecule has 0 heterocycles. The molecule has 0 amide bonds. The summed E-state index contributed by atoms with van der Waals surface area (Å²) in [4.78, 5) is 10.8. The molecule has 0 unspecified atom stereocenters. The summed E-state index contributed by atoms with van der Waals surface area (Å²) in [5.74, 6) is -2.26. The second kappa shape index (κ2) is 3.90. The van der Waals surface area contributed by atoms with Gasteiger partial charge in [-0.05, 0) is 0 Å². The molecule has 0 bridgehead atoms. The Labute approximate surface area is 83.0 Å². The van der Waals surface area contributed by atoms with Crippen molar-refractivity contribution in [3.05, 3.63) is 35.4 Å². The third-order valence-electron chi connectivity index (χ3n) is 1.19. The van der Waals surface area contributed by atoms with Gasteiger partial charge < -0.3 is 0 Å². The van der Waals surface area contributed by atoms with Crippen molar-refractivity contribution in [2.75, 3.05) is 0 Å². The fraction of sp³-hybridized carbons (Fsp3) is 0. The zero-order valence-corrected chi connectivity index (χ0v) is 9.69. The topological polar surface area (TPSA) is 26.3 Å². The summed E-state index contributed by atoms with van der Waals surface area (Å²) in [7, 11) is 0. The van der Waals surface area contributed by atoms with E-state index in [0.29, 0.717) is 6.07 Å². The molecule has 1 rings (SSSR count). The third-order valence-corrected chi connectivity index (χ3v) is 1.91. The van der Waals surface area contributed by atoms with Gasteiger partial charge in [0, 0.05) is 0 Å². The number of benzene rings is 1. The summed E-state index contributed by atoms with van der Waals surface area (Å²) in [6.45, 7) is 0. The second-order valence-electron chi connectivity index (χ2n) is 2.05. The number of hydrogen-bond donors (Lipinski definition) is 0. The zero-order chi connectivity index (χ0) is 9.14. The summed E-state index contributed by atoms with van der Waals surface area (Å²) < 4.78 is 29.4. The summed E-state index contributed by atoms with van der Waals surface area (Å²) in [5, 5.41) is 0. The monoisotopic (exact) mass is 367 g/mol. The minimum absolute atomic E-state index is 0.0949. The van der Waals surface area contributed by atoms with E-state index in [9.17, 15) is 13.6 Å². The van der Waals surface area contributed by atoms with Crippen LogP contribution < -0.4 is 0 Å². The molecule has 0 saturated heterocycles. The summed E-state index contributed by atoms with van der Waals surface area (Å²) in [6.07, 6.45) is 0. The van der Waals surface area contributed by atoms with Crippen LogP contribution >= 0.6 is 0 Å². The number of halogens is 2. The van der Waals surface area contributed by atoms with Gasteiger partial charge in [-0.25, -0.2) is 0 Å². The molecule has 0 saturated carbocycles. The SMILES string of the molecule is O=C([O][BiH])c1cc(F)cc(F)c1. The Morgan fingerprint density at radius 3 is 2.17 bits per heavy atom. The number of rotatable bonds is 1. The average Bonchev–Trinajstić information content (AvgIpc) is 2.01. The van der Waals surface area contributed by atoms with Crippen LogP contribution in [0.2, 0.25) is 0 Å². The van der Waals surface area contributed by atoms with Crippen LogP contribution in [0.3, 0.4) is 0 Å². The van der Waals surface area contributed by atoms with Gasteiger partial charge in [-0.3, -0.25) is 0 Å². The Kier molecular flexibility index (Phi) is 3.09. The van der Waals surface area contributed by atoms with Crippen molar-refractivity contribution >= 4 is 31.1 Å². The molecular weight excluding hydrogens is 363 g/mol. The first-order chi connectivity index (χ1) is 5.63. The van der Waals surface area contributed by atoms with Gasteiger partial charge >= 0.3 is 82.9 Å². The Hall–Kier alpha value is -0.567. The van der Waals surface area contributed by atoms with E-state index in [4.69, 9.17) is 0 Å². The molecule has 2 nitrogen and oxygen atoms in total. The van der Waals surface area contributed by atoms with Gasteiger partial charge in [0.05, 0.1) is 0 Å². The quantitative estimate of drug-likeness (QED) is 0.691. The third kappa shape index (κ3) is 2.21. The first-order valence-corrected chi connectivity index (χ1v) is 4.56. The Balaban J connectivity index is 3.08. The molecule has 1 radical (unpaired) electrons. The van der Waals surface area contributed by atoms with Crippen molar-refractivity contribution in [1.29, 1.82) is 0 Å². The van der Waals surface area contributed by atoms with Crippen molar-refractivity contribution < 1.29 is 16.4 Å². The molecular formula is C7H4BiF2O2. The number of carbonyl (C=O) groups is 1. The van der Waals surface area contributed by atoms with E-state index in [1.165, 1.54) is 0 Å². The molecule has 0 fully saturated rings. The predicted molar refractivity (Wildman–Crippen MR) is 38.9 cm³/mol. The van der Waals surface area contributed by atoms with E-state index >= 15 is 0 Å². The summed E-state index contributed by atoms with van der Waals surface area (Å²) in [5.41, 5.74) is -0.0949. The van der Waals surface area contributed by atoms with Gasteiger partial charge in [0.25, 0.3) is 0 Å². The summed E-state index contributed by atoms with van der Waals surface area (Å²) >= 11 is 0.209. The van der Waals surface area contributed by atoms with Crippen molar-refractivity contribution in [2.24, 2.45) is 0 Å². The van der Waals surface area contributed by atoms with Gasteiger partial charge in [-0.1, -0.05) is 0 Å². The van der Waals surface area contributed by atoms with Crippen LogP contribution in [0, 0.1) is 11.6 Å². The fourth-order valence-electron chi connectivity index (χ4n) is 0.731. The molecule has 12 heavy (non-hydrogen) atoms. The first-order valence-electron chi connectivity index (χ1n) is 2.97. The Bertz CT molecular complexity index is 294. The standard InChI is InChI=1S/C7H4F2O2.Bi.H/c8-5-1-4(7(10)11)2-6(9)3-5;;/h1-3H,(H,10,11);;/q;+1;/p-1. The normalized spacial score (nSPS) is 9.58. The molecule has 63 valence electrons. The van der Waals surface area contributed by atoms with E-state index in [-0.39, 0.29) is 30.7 Å². The van der Waals surface area contributed by atoms with Gasteiger partial charge in [0.1, 0.15) is 0 Å². The van der Waals surface area contributed by atoms with Crippen LogP contribution in [0.1, 0.15) is 10.4 Å². The fourth-order valence-corrected chi connectivity index (χ4v) is 1.19. The van der Waals surface area contributed by atoms with E-state index < -0.39 is 17.6 Å². The second-order valence-corrected chi connectivity index (χ2v) is 2.84. The van der Waals surface area contributed by atoms with Gasteiger partial charge in [-0.2, -0.15) is 0 Å². The predicted octanol–water partition coefficient (Wildman–Crippen LogP) is 0.937. The van der Waals surface area contributed by atoms with E-state index in [1.54, 1.807) is 0 Å². The molecule has 1 aromatic rings. The molecule has 0 aliphatic heterocycles. The van der Waals surface area contributed by atoms with Crippen molar-refractivity contribution in [3.63, 3.8) is 0 Å². The minimum atomic E-state index is -0.780. The molecule has 0 spiro atoms. The molecule has 5 heteroatoms. The van der Waals surface area contributed by atoms with Crippen LogP contribution in [-0.2, 0) is 2.81 Å². The van der Waals surface area contributed by atoms with Crippen molar-refractivity contribution in [3.8, 4) is 0 Å². The summed E-state index contributed by atoms with van der Waals surface area (Å²) in [6, 6.07) is 2.57. The van der Waals surface area contributed by atoms with Gasteiger partial charge in [0.15, 0.2) is 0 Å². The van der Waals surface area contributed by atoms with E-state index in [1.807, 2.05) is 0 Å². The maximum atomic E-state index is 12.5. The van der Waals surface area contributed by atoms with Gasteiger partial charge in [0.2, 0.25) is 0 Å². The molecule has 1 aromatic carbocycles. The molecule has 0 N–H and O–H groups in total. The van der Waals surface area contributed by atoms with E-state index in [0.717, 1.165) is 12.1 Å². The van der Waals surface area contributed by atoms with Crippen LogP contribution in [0.5, 0.6) is 0 Å². The number of hydrogen-bond acceptors (Lipinski definition) is 2. The van der Waals surface area contributed by atoms with Crippen LogP contribution in [0.4, 0.5) is 8.78 Å². The van der Waals surface area contributed by atoms with E-state index in [2.05, 4.69) is 2.81 Å². The molecule has 0 atom stereocenters. The number of carbonyl (C=O) groups excluding carboxylic acids is 1. The van der Waals surface area contributed by atoms with Gasteiger partial charge in [-0.15, -0.1) is 0 Å². The maximum absolute atomic E-state index is 12.5. The van der Waals surface area contributed by atoms with Crippen LogP contribution in [0.25, 0.3) is 0 Å². The molecule has 0 aromatic heterocycles. The molecule has 0 aliphatic carbocycles. The Morgan fingerprint density at radius 2 is 1.75 bits per heavy atom. The average molecular weight is 367 g/mol. The zero-order valence-electron chi connectivity index (χ0n) is 5.80. The first kappa shape index (κ1) is 9.52.